The fourth-order valence-electron chi connectivity index (χ4n) is 2.77. The molecule has 2 rings (SSSR count). The van der Waals surface area contributed by atoms with Gasteiger partial charge in [0.2, 0.25) is 0 Å². The highest BCUT2D eigenvalue weighted by atomic mass is 19.2. The second-order valence-corrected chi connectivity index (χ2v) is 5.33. The quantitative estimate of drug-likeness (QED) is 0.931. The van der Waals surface area contributed by atoms with Crippen LogP contribution < -0.4 is 0 Å². The van der Waals surface area contributed by atoms with E-state index in [0.29, 0.717) is 12.0 Å². The van der Waals surface area contributed by atoms with Gasteiger partial charge in [0.25, 0.3) is 0 Å². The van der Waals surface area contributed by atoms with Crippen LogP contribution in [0.5, 0.6) is 0 Å². The fourth-order valence-corrected chi connectivity index (χ4v) is 2.77. The molecule has 1 aliphatic heterocycles. The average molecular weight is 313 g/mol. The Morgan fingerprint density at radius 1 is 1.36 bits per heavy atom. The van der Waals surface area contributed by atoms with E-state index in [1.165, 1.54) is 18.1 Å². The molecule has 7 heteroatoms. The SMILES string of the molecule is COC(=O)N1CCC(C(=O)O)CC1Cc1ccc(F)c(F)c1. The number of carbonyl (C=O) groups excluding carboxylic acids is 1. The number of carboxylic acids is 1. The number of benzene rings is 1. The van der Waals surface area contributed by atoms with E-state index < -0.39 is 35.7 Å². The number of nitrogens with zero attached hydrogens (tertiary/aromatic N) is 1. The van der Waals surface area contributed by atoms with Gasteiger partial charge in [0.05, 0.1) is 13.0 Å². The highest BCUT2D eigenvalue weighted by Gasteiger charge is 2.35. The third-order valence-electron chi connectivity index (χ3n) is 3.93. The molecule has 0 aromatic heterocycles. The van der Waals surface area contributed by atoms with Gasteiger partial charge in [-0.2, -0.15) is 0 Å². The lowest BCUT2D eigenvalue weighted by Crippen LogP contribution is -2.48. The van der Waals surface area contributed by atoms with Crippen molar-refractivity contribution in [3.8, 4) is 0 Å². The summed E-state index contributed by atoms with van der Waals surface area (Å²) in [7, 11) is 1.25. The number of halogens is 2. The molecule has 2 atom stereocenters. The Labute approximate surface area is 126 Å². The predicted molar refractivity (Wildman–Crippen MR) is 73.3 cm³/mol. The maximum atomic E-state index is 13.3. The van der Waals surface area contributed by atoms with Crippen LogP contribution in [0.1, 0.15) is 18.4 Å². The van der Waals surface area contributed by atoms with Crippen molar-refractivity contribution in [2.45, 2.75) is 25.3 Å². The van der Waals surface area contributed by atoms with E-state index in [-0.39, 0.29) is 19.4 Å². The third-order valence-corrected chi connectivity index (χ3v) is 3.93. The standard InChI is InChI=1S/C15H17F2NO4/c1-22-15(21)18-5-4-10(14(19)20)8-11(18)6-9-2-3-12(16)13(17)7-9/h2-3,7,10-11H,4-6,8H2,1H3,(H,19,20). The molecule has 1 fully saturated rings. The van der Waals surface area contributed by atoms with Crippen molar-refractivity contribution in [1.82, 2.24) is 4.90 Å². The van der Waals surface area contributed by atoms with Crippen LogP contribution in [0.2, 0.25) is 0 Å². The Hall–Kier alpha value is -2.18. The summed E-state index contributed by atoms with van der Waals surface area (Å²) < 4.78 is 31.0. The first-order valence-electron chi connectivity index (χ1n) is 6.93. The molecule has 1 aromatic carbocycles. The molecule has 0 aliphatic carbocycles. The molecule has 0 bridgehead atoms. The van der Waals surface area contributed by atoms with Gasteiger partial charge in [-0.15, -0.1) is 0 Å². The number of methoxy groups -OCH3 is 1. The predicted octanol–water partition coefficient (Wildman–Crippen LogP) is 2.44. The summed E-state index contributed by atoms with van der Waals surface area (Å²) in [6.45, 7) is 0.262. The van der Waals surface area contributed by atoms with Crippen molar-refractivity contribution in [2.75, 3.05) is 13.7 Å². The van der Waals surface area contributed by atoms with Crippen LogP contribution in [-0.4, -0.2) is 41.8 Å². The summed E-state index contributed by atoms with van der Waals surface area (Å²) in [5.74, 6) is -3.38. The smallest absolute Gasteiger partial charge is 0.409 e. The lowest BCUT2D eigenvalue weighted by Gasteiger charge is -2.37. The van der Waals surface area contributed by atoms with E-state index in [0.717, 1.165) is 12.1 Å². The summed E-state index contributed by atoms with van der Waals surface area (Å²) in [4.78, 5) is 24.4. The molecule has 1 amide bonds. The number of hydrogen-bond acceptors (Lipinski definition) is 3. The summed E-state index contributed by atoms with van der Waals surface area (Å²) in [6, 6.07) is 3.09. The Bertz CT molecular complexity index is 579. The minimum absolute atomic E-state index is 0.246. The Balaban J connectivity index is 2.18. The third kappa shape index (κ3) is 3.52. The molecule has 120 valence electrons. The van der Waals surface area contributed by atoms with E-state index in [4.69, 9.17) is 9.84 Å². The largest absolute Gasteiger partial charge is 0.481 e. The second kappa shape index (κ2) is 6.72. The molecule has 1 heterocycles. The minimum Gasteiger partial charge on any atom is -0.481 e. The van der Waals surface area contributed by atoms with Crippen molar-refractivity contribution in [1.29, 1.82) is 0 Å². The van der Waals surface area contributed by atoms with Crippen molar-refractivity contribution >= 4 is 12.1 Å². The zero-order valence-corrected chi connectivity index (χ0v) is 12.1. The maximum Gasteiger partial charge on any atom is 0.409 e. The van der Waals surface area contributed by atoms with Crippen molar-refractivity contribution in [2.24, 2.45) is 5.92 Å². The Kier molecular flexibility index (Phi) is 4.95. The molecule has 5 nitrogen and oxygen atoms in total. The van der Waals surface area contributed by atoms with Gasteiger partial charge >= 0.3 is 12.1 Å². The van der Waals surface area contributed by atoms with E-state index in [1.807, 2.05) is 0 Å². The first-order valence-corrected chi connectivity index (χ1v) is 6.93. The number of ether oxygens (including phenoxy) is 1. The molecular formula is C15H17F2NO4. The number of piperidine rings is 1. The molecule has 0 spiro atoms. The van der Waals surface area contributed by atoms with Crippen LogP contribution in [0, 0.1) is 17.6 Å². The zero-order chi connectivity index (χ0) is 16.3. The first kappa shape index (κ1) is 16.2. The van der Waals surface area contributed by atoms with Crippen molar-refractivity contribution in [3.05, 3.63) is 35.4 Å². The van der Waals surface area contributed by atoms with Gasteiger partial charge in [-0.05, 0) is 37.0 Å². The number of amides is 1. The van der Waals surface area contributed by atoms with Crippen LogP contribution >= 0.6 is 0 Å². The highest BCUT2D eigenvalue weighted by molar-refractivity contribution is 5.72. The van der Waals surface area contributed by atoms with Gasteiger partial charge in [0.15, 0.2) is 11.6 Å². The average Bonchev–Trinajstić information content (AvgIpc) is 2.50. The number of likely N-dealkylation sites (tertiary alicyclic amines) is 1. The molecule has 1 aliphatic rings. The van der Waals surface area contributed by atoms with Gasteiger partial charge in [0.1, 0.15) is 0 Å². The number of hydrogen-bond donors (Lipinski definition) is 1. The number of carboxylic acid groups (broad SMARTS) is 1. The molecule has 2 unspecified atom stereocenters. The molecule has 1 aromatic rings. The number of carbonyl (C=O) groups is 2. The molecule has 1 saturated heterocycles. The topological polar surface area (TPSA) is 66.8 Å². The number of aliphatic carboxylic acids is 1. The summed E-state index contributed by atoms with van der Waals surface area (Å²) in [5.41, 5.74) is 0.504. The lowest BCUT2D eigenvalue weighted by molar-refractivity contribution is -0.144. The van der Waals surface area contributed by atoms with Gasteiger partial charge in [-0.25, -0.2) is 13.6 Å². The van der Waals surface area contributed by atoms with Crippen molar-refractivity contribution in [3.63, 3.8) is 0 Å². The van der Waals surface area contributed by atoms with Crippen LogP contribution in [0.4, 0.5) is 13.6 Å². The summed E-state index contributed by atoms with van der Waals surface area (Å²) in [5, 5.41) is 9.14. The number of rotatable bonds is 3. The van der Waals surface area contributed by atoms with E-state index in [2.05, 4.69) is 0 Å². The maximum absolute atomic E-state index is 13.3. The minimum atomic E-state index is -0.965. The van der Waals surface area contributed by atoms with E-state index >= 15 is 0 Å². The Morgan fingerprint density at radius 2 is 2.09 bits per heavy atom. The van der Waals surface area contributed by atoms with Crippen LogP contribution in [-0.2, 0) is 16.0 Å². The molecule has 1 N–H and O–H groups in total. The lowest BCUT2D eigenvalue weighted by atomic mass is 9.88. The van der Waals surface area contributed by atoms with Crippen LogP contribution in [0.3, 0.4) is 0 Å². The normalized spacial score (nSPS) is 21.5. The Morgan fingerprint density at radius 3 is 2.68 bits per heavy atom. The van der Waals surface area contributed by atoms with Crippen molar-refractivity contribution < 1.29 is 28.2 Å². The monoisotopic (exact) mass is 313 g/mol. The second-order valence-electron chi connectivity index (χ2n) is 5.33. The molecular weight excluding hydrogens is 296 g/mol. The van der Waals surface area contributed by atoms with E-state index in [1.54, 1.807) is 0 Å². The van der Waals surface area contributed by atoms with E-state index in [9.17, 15) is 18.4 Å². The molecule has 0 radical (unpaired) electrons. The van der Waals surface area contributed by atoms with Crippen LogP contribution in [0.15, 0.2) is 18.2 Å². The summed E-state index contributed by atoms with van der Waals surface area (Å²) >= 11 is 0. The molecule has 22 heavy (non-hydrogen) atoms. The fraction of sp³-hybridized carbons (Fsp3) is 0.467. The molecule has 0 saturated carbocycles. The van der Waals surface area contributed by atoms with Gasteiger partial charge < -0.3 is 14.7 Å². The van der Waals surface area contributed by atoms with Gasteiger partial charge in [-0.1, -0.05) is 6.07 Å². The van der Waals surface area contributed by atoms with Gasteiger partial charge in [-0.3, -0.25) is 4.79 Å². The van der Waals surface area contributed by atoms with Gasteiger partial charge in [0, 0.05) is 12.6 Å². The first-order chi connectivity index (χ1) is 10.4. The highest BCUT2D eigenvalue weighted by Crippen LogP contribution is 2.26. The zero-order valence-electron chi connectivity index (χ0n) is 12.1. The summed E-state index contributed by atoms with van der Waals surface area (Å²) in [6.07, 6.45) is 0.300. The van der Waals surface area contributed by atoms with Crippen LogP contribution in [0.25, 0.3) is 0 Å².